The number of sulfonamides is 1. The zero-order valence-electron chi connectivity index (χ0n) is 16.2. The Bertz CT molecular complexity index is 1230. The second kappa shape index (κ2) is 7.27. The van der Waals surface area contributed by atoms with Gasteiger partial charge in [-0.2, -0.15) is 9.40 Å². The summed E-state index contributed by atoms with van der Waals surface area (Å²) in [5.41, 5.74) is 0.424. The van der Waals surface area contributed by atoms with E-state index in [1.165, 1.54) is 31.7 Å². The number of anilines is 1. The van der Waals surface area contributed by atoms with E-state index in [1.807, 2.05) is 4.90 Å². The van der Waals surface area contributed by atoms with E-state index in [0.717, 1.165) is 0 Å². The molecule has 0 bridgehead atoms. The van der Waals surface area contributed by atoms with Gasteiger partial charge in [-0.15, -0.1) is 0 Å². The first-order chi connectivity index (χ1) is 13.8. The van der Waals surface area contributed by atoms with Gasteiger partial charge in [-0.3, -0.25) is 9.20 Å². The first-order valence-corrected chi connectivity index (χ1v) is 10.9. The van der Waals surface area contributed by atoms with Gasteiger partial charge in [0.05, 0.1) is 5.69 Å². The molecule has 1 fully saturated rings. The van der Waals surface area contributed by atoms with Crippen molar-refractivity contribution in [3.05, 3.63) is 58.5 Å². The maximum Gasteiger partial charge on any atom is 0.291 e. The van der Waals surface area contributed by atoms with Crippen LogP contribution in [0.2, 0.25) is 0 Å². The molecule has 0 saturated carbocycles. The molecule has 2 aromatic heterocycles. The lowest BCUT2D eigenvalue weighted by Crippen LogP contribution is -2.48. The third-order valence-corrected chi connectivity index (χ3v) is 7.10. The Hall–Kier alpha value is -2.72. The number of para-hydroxylation sites is 1. The van der Waals surface area contributed by atoms with E-state index in [1.54, 1.807) is 32.0 Å². The quantitative estimate of drug-likeness (QED) is 0.640. The highest BCUT2D eigenvalue weighted by Crippen LogP contribution is 2.24. The molecule has 4 rings (SSSR count). The summed E-state index contributed by atoms with van der Waals surface area (Å²) in [5.74, 6) is 0.213. The summed E-state index contributed by atoms with van der Waals surface area (Å²) in [6, 6.07) is 7.87. The lowest BCUT2D eigenvalue weighted by atomic mass is 10.2. The number of rotatable bonds is 4. The van der Waals surface area contributed by atoms with Crippen molar-refractivity contribution >= 4 is 21.2 Å². The number of aromatic nitrogens is 3. The zero-order valence-corrected chi connectivity index (χ0v) is 17.1. The molecular weight excluding hydrogens is 397 g/mol. The van der Waals surface area contributed by atoms with Crippen LogP contribution in [0.25, 0.3) is 5.52 Å². The number of benzene rings is 1. The van der Waals surface area contributed by atoms with Crippen LogP contribution in [0.4, 0.5) is 10.1 Å². The molecule has 154 valence electrons. The summed E-state index contributed by atoms with van der Waals surface area (Å²) < 4.78 is 44.5. The van der Waals surface area contributed by atoms with Gasteiger partial charge in [-0.1, -0.05) is 12.1 Å². The highest BCUT2D eigenvalue weighted by atomic mass is 32.2. The van der Waals surface area contributed by atoms with Crippen LogP contribution in [0.1, 0.15) is 12.7 Å². The van der Waals surface area contributed by atoms with Gasteiger partial charge in [0.2, 0.25) is 10.0 Å². The average molecular weight is 419 g/mol. The predicted octanol–water partition coefficient (Wildman–Crippen LogP) is 1.47. The molecule has 3 heterocycles. The predicted molar refractivity (Wildman–Crippen MR) is 107 cm³/mol. The molecule has 0 radical (unpaired) electrons. The minimum Gasteiger partial charge on any atom is -0.367 e. The van der Waals surface area contributed by atoms with Crippen molar-refractivity contribution in [2.24, 2.45) is 0 Å². The Labute approximate surface area is 167 Å². The van der Waals surface area contributed by atoms with E-state index in [2.05, 4.69) is 5.10 Å². The van der Waals surface area contributed by atoms with Crippen molar-refractivity contribution in [3.8, 4) is 0 Å². The van der Waals surface area contributed by atoms with E-state index < -0.39 is 10.0 Å². The second-order valence-electron chi connectivity index (χ2n) is 6.94. The normalized spacial score (nSPS) is 15.9. The largest absolute Gasteiger partial charge is 0.367 e. The molecule has 10 heteroatoms. The fourth-order valence-corrected chi connectivity index (χ4v) is 5.09. The molecule has 0 N–H and O–H groups in total. The minimum atomic E-state index is -3.78. The number of fused-ring (bicyclic) bond motifs is 1. The Morgan fingerprint density at radius 2 is 1.83 bits per heavy atom. The van der Waals surface area contributed by atoms with Gasteiger partial charge in [-0.05, 0) is 32.0 Å². The Balaban J connectivity index is 1.61. The maximum atomic E-state index is 14.0. The first kappa shape index (κ1) is 19.6. The smallest absolute Gasteiger partial charge is 0.291 e. The number of hydrogen-bond acceptors (Lipinski definition) is 5. The van der Waals surface area contributed by atoms with Gasteiger partial charge in [0.25, 0.3) is 5.56 Å². The minimum absolute atomic E-state index is 0.0627. The van der Waals surface area contributed by atoms with Crippen LogP contribution in [-0.2, 0) is 16.6 Å². The number of hydrogen-bond donors (Lipinski definition) is 0. The number of aryl methyl sites for hydroxylation is 2. The molecular formula is C19H22FN5O3S. The van der Waals surface area contributed by atoms with Crippen molar-refractivity contribution < 1.29 is 12.8 Å². The van der Waals surface area contributed by atoms with Crippen LogP contribution >= 0.6 is 0 Å². The van der Waals surface area contributed by atoms with Crippen LogP contribution < -0.4 is 10.5 Å². The van der Waals surface area contributed by atoms with Crippen molar-refractivity contribution in [2.75, 3.05) is 31.1 Å². The third-order valence-electron chi connectivity index (χ3n) is 5.23. The summed E-state index contributed by atoms with van der Waals surface area (Å²) in [6.07, 6.45) is 1.44. The topological polar surface area (TPSA) is 79.9 Å². The fraction of sp³-hybridized carbons (Fsp3) is 0.368. The van der Waals surface area contributed by atoms with Gasteiger partial charge < -0.3 is 4.90 Å². The second-order valence-corrected chi connectivity index (χ2v) is 8.88. The molecule has 1 saturated heterocycles. The molecule has 8 nitrogen and oxygen atoms in total. The number of piperazine rings is 1. The summed E-state index contributed by atoms with van der Waals surface area (Å²) in [6.45, 7) is 5.18. The molecule has 1 aromatic carbocycles. The van der Waals surface area contributed by atoms with Crippen LogP contribution in [0.3, 0.4) is 0 Å². The highest BCUT2D eigenvalue weighted by Gasteiger charge is 2.30. The van der Waals surface area contributed by atoms with E-state index in [9.17, 15) is 17.6 Å². The van der Waals surface area contributed by atoms with Crippen molar-refractivity contribution in [1.82, 2.24) is 18.5 Å². The Morgan fingerprint density at radius 3 is 2.48 bits per heavy atom. The maximum absolute atomic E-state index is 14.0. The van der Waals surface area contributed by atoms with Gasteiger partial charge >= 0.3 is 0 Å². The Kier molecular flexibility index (Phi) is 4.91. The molecule has 29 heavy (non-hydrogen) atoms. The summed E-state index contributed by atoms with van der Waals surface area (Å²) in [7, 11) is -3.78. The van der Waals surface area contributed by atoms with Crippen molar-refractivity contribution in [1.29, 1.82) is 0 Å². The van der Waals surface area contributed by atoms with E-state index in [-0.39, 0.29) is 34.9 Å². The monoisotopic (exact) mass is 419 g/mol. The molecule has 1 aliphatic rings. The Morgan fingerprint density at radius 1 is 1.14 bits per heavy atom. The standard InChI is InChI=1S/C19H22FN5O3S/c1-3-25-19(26)18-12-15(13-24(18)14(2)21-25)29(27,28)23-10-8-22(9-11-23)17-7-5-4-6-16(17)20/h4-7,12-13H,3,8-11H2,1-2H3. The SMILES string of the molecule is CCn1nc(C)n2cc(S(=O)(=O)N3CCN(c4ccccc4F)CC3)cc2c1=O. The summed E-state index contributed by atoms with van der Waals surface area (Å²) in [4.78, 5) is 14.4. The van der Waals surface area contributed by atoms with Crippen molar-refractivity contribution in [2.45, 2.75) is 25.3 Å². The lowest BCUT2D eigenvalue weighted by Gasteiger charge is -2.35. The molecule has 0 amide bonds. The van der Waals surface area contributed by atoms with E-state index in [4.69, 9.17) is 0 Å². The van der Waals surface area contributed by atoms with Crippen LogP contribution in [0.15, 0.2) is 46.2 Å². The third kappa shape index (κ3) is 3.32. The molecule has 1 aliphatic heterocycles. The van der Waals surface area contributed by atoms with Gasteiger partial charge in [0, 0.05) is 38.9 Å². The summed E-state index contributed by atoms with van der Waals surface area (Å²) in [5, 5.41) is 4.20. The lowest BCUT2D eigenvalue weighted by molar-refractivity contribution is 0.383. The molecule has 0 unspecified atom stereocenters. The molecule has 3 aromatic rings. The zero-order chi connectivity index (χ0) is 20.8. The van der Waals surface area contributed by atoms with Gasteiger partial charge in [0.15, 0.2) is 0 Å². The van der Waals surface area contributed by atoms with Gasteiger partial charge in [0.1, 0.15) is 22.1 Å². The molecule has 0 spiro atoms. The van der Waals surface area contributed by atoms with Crippen LogP contribution in [0.5, 0.6) is 0 Å². The number of halogens is 1. The van der Waals surface area contributed by atoms with Crippen LogP contribution in [0, 0.1) is 12.7 Å². The molecule has 0 atom stereocenters. The fourth-order valence-electron chi connectivity index (χ4n) is 3.65. The van der Waals surface area contributed by atoms with E-state index in [0.29, 0.717) is 31.1 Å². The average Bonchev–Trinajstić information content (AvgIpc) is 3.18. The van der Waals surface area contributed by atoms with Crippen LogP contribution in [-0.4, -0.2) is 53.1 Å². The van der Waals surface area contributed by atoms with Gasteiger partial charge in [-0.25, -0.2) is 17.5 Å². The molecule has 0 aliphatic carbocycles. The van der Waals surface area contributed by atoms with Crippen molar-refractivity contribution in [3.63, 3.8) is 0 Å². The summed E-state index contributed by atoms with van der Waals surface area (Å²) >= 11 is 0. The number of nitrogens with zero attached hydrogens (tertiary/aromatic N) is 5. The van der Waals surface area contributed by atoms with E-state index >= 15 is 0 Å². The first-order valence-electron chi connectivity index (χ1n) is 9.42. The highest BCUT2D eigenvalue weighted by molar-refractivity contribution is 7.89.